The average molecular weight is 247 g/mol. The molecule has 1 N–H and O–H groups in total. The minimum absolute atomic E-state index is 0.0536. The SMILES string of the molecule is CC1CCC(NC(=O)CCS(C)(=O)=O)CC1. The van der Waals surface area contributed by atoms with Crippen LogP contribution in [-0.4, -0.2) is 32.4 Å². The molecule has 1 fully saturated rings. The van der Waals surface area contributed by atoms with Crippen molar-refractivity contribution in [1.82, 2.24) is 5.32 Å². The Morgan fingerprint density at radius 1 is 1.25 bits per heavy atom. The van der Waals surface area contributed by atoms with Gasteiger partial charge in [-0.1, -0.05) is 6.92 Å². The number of carbonyl (C=O) groups is 1. The summed E-state index contributed by atoms with van der Waals surface area (Å²) in [6.45, 7) is 2.22. The summed E-state index contributed by atoms with van der Waals surface area (Å²) < 4.78 is 21.8. The lowest BCUT2D eigenvalue weighted by atomic mass is 9.87. The van der Waals surface area contributed by atoms with Crippen LogP contribution in [0.15, 0.2) is 0 Å². The molecule has 0 unspecified atom stereocenters. The standard InChI is InChI=1S/C11H21NO3S/c1-9-3-5-10(6-4-9)12-11(13)7-8-16(2,14)15/h9-10H,3-8H2,1-2H3,(H,12,13). The highest BCUT2D eigenvalue weighted by Crippen LogP contribution is 2.23. The van der Waals surface area contributed by atoms with Crippen LogP contribution in [0.3, 0.4) is 0 Å². The number of hydrogen-bond donors (Lipinski definition) is 1. The van der Waals surface area contributed by atoms with Gasteiger partial charge < -0.3 is 5.32 Å². The van der Waals surface area contributed by atoms with Crippen LogP contribution in [0, 0.1) is 5.92 Å². The Hall–Kier alpha value is -0.580. The Labute approximate surface area is 97.7 Å². The van der Waals surface area contributed by atoms with Gasteiger partial charge in [0.2, 0.25) is 5.91 Å². The summed E-state index contributed by atoms with van der Waals surface area (Å²) >= 11 is 0. The van der Waals surface area contributed by atoms with E-state index >= 15 is 0 Å². The summed E-state index contributed by atoms with van der Waals surface area (Å²) in [7, 11) is -3.03. The first-order valence-electron chi connectivity index (χ1n) is 5.84. The van der Waals surface area contributed by atoms with Gasteiger partial charge >= 0.3 is 0 Å². The van der Waals surface area contributed by atoms with E-state index in [-0.39, 0.29) is 24.1 Å². The maximum atomic E-state index is 11.5. The molecule has 0 atom stereocenters. The third-order valence-corrected chi connectivity index (χ3v) is 4.03. The Bertz CT molecular complexity index is 329. The zero-order valence-corrected chi connectivity index (χ0v) is 10.8. The quantitative estimate of drug-likeness (QED) is 0.809. The first-order chi connectivity index (χ1) is 7.37. The molecule has 1 rings (SSSR count). The minimum atomic E-state index is -3.03. The number of hydrogen-bond acceptors (Lipinski definition) is 3. The van der Waals surface area contributed by atoms with Crippen LogP contribution in [0.4, 0.5) is 0 Å². The number of amides is 1. The number of nitrogens with one attached hydrogen (secondary N) is 1. The van der Waals surface area contributed by atoms with Crippen LogP contribution in [-0.2, 0) is 14.6 Å². The van der Waals surface area contributed by atoms with E-state index in [0.29, 0.717) is 0 Å². The molecule has 1 amide bonds. The van der Waals surface area contributed by atoms with Crippen molar-refractivity contribution in [3.8, 4) is 0 Å². The van der Waals surface area contributed by atoms with Crippen molar-refractivity contribution < 1.29 is 13.2 Å². The summed E-state index contributed by atoms with van der Waals surface area (Å²) in [5.74, 6) is 0.566. The molecule has 16 heavy (non-hydrogen) atoms. The molecule has 1 aliphatic rings. The molecule has 1 aliphatic carbocycles. The Morgan fingerprint density at radius 3 is 2.31 bits per heavy atom. The number of carbonyl (C=O) groups excluding carboxylic acids is 1. The van der Waals surface area contributed by atoms with E-state index in [2.05, 4.69) is 12.2 Å². The Morgan fingerprint density at radius 2 is 1.81 bits per heavy atom. The second-order valence-electron chi connectivity index (χ2n) is 4.90. The smallest absolute Gasteiger partial charge is 0.221 e. The summed E-state index contributed by atoms with van der Waals surface area (Å²) in [6, 6.07) is 0.253. The Balaban J connectivity index is 2.24. The van der Waals surface area contributed by atoms with Crippen LogP contribution in [0.1, 0.15) is 39.0 Å². The van der Waals surface area contributed by atoms with E-state index in [1.54, 1.807) is 0 Å². The second kappa shape index (κ2) is 5.66. The zero-order chi connectivity index (χ0) is 12.2. The topological polar surface area (TPSA) is 63.2 Å². The lowest BCUT2D eigenvalue weighted by Crippen LogP contribution is -2.37. The van der Waals surface area contributed by atoms with Gasteiger partial charge in [0.25, 0.3) is 0 Å². The molecule has 0 heterocycles. The van der Waals surface area contributed by atoms with Crippen LogP contribution < -0.4 is 5.32 Å². The van der Waals surface area contributed by atoms with Gasteiger partial charge in [-0.05, 0) is 31.6 Å². The lowest BCUT2D eigenvalue weighted by Gasteiger charge is -2.26. The molecule has 5 heteroatoms. The van der Waals surface area contributed by atoms with Gasteiger partial charge in [-0.25, -0.2) is 8.42 Å². The fourth-order valence-electron chi connectivity index (χ4n) is 1.98. The van der Waals surface area contributed by atoms with Gasteiger partial charge in [0, 0.05) is 18.7 Å². The van der Waals surface area contributed by atoms with Crippen LogP contribution in [0.5, 0.6) is 0 Å². The highest BCUT2D eigenvalue weighted by molar-refractivity contribution is 7.90. The molecular weight excluding hydrogens is 226 g/mol. The molecule has 0 radical (unpaired) electrons. The van der Waals surface area contributed by atoms with E-state index in [0.717, 1.165) is 37.9 Å². The van der Waals surface area contributed by atoms with Crippen molar-refractivity contribution in [2.24, 2.45) is 5.92 Å². The third-order valence-electron chi connectivity index (χ3n) is 3.08. The predicted molar refractivity (Wildman–Crippen MR) is 63.9 cm³/mol. The van der Waals surface area contributed by atoms with E-state index in [1.807, 2.05) is 0 Å². The van der Waals surface area contributed by atoms with Gasteiger partial charge in [0.05, 0.1) is 5.75 Å². The molecule has 1 saturated carbocycles. The molecule has 94 valence electrons. The highest BCUT2D eigenvalue weighted by Gasteiger charge is 2.19. The molecule has 0 aromatic carbocycles. The predicted octanol–water partition coefficient (Wildman–Crippen LogP) is 1.12. The molecular formula is C11H21NO3S. The van der Waals surface area contributed by atoms with Gasteiger partial charge in [-0.2, -0.15) is 0 Å². The minimum Gasteiger partial charge on any atom is -0.353 e. The van der Waals surface area contributed by atoms with E-state index in [4.69, 9.17) is 0 Å². The number of sulfone groups is 1. The van der Waals surface area contributed by atoms with Crippen molar-refractivity contribution in [1.29, 1.82) is 0 Å². The lowest BCUT2D eigenvalue weighted by molar-refractivity contribution is -0.121. The normalized spacial score (nSPS) is 26.4. The maximum absolute atomic E-state index is 11.5. The second-order valence-corrected chi connectivity index (χ2v) is 7.16. The molecule has 4 nitrogen and oxygen atoms in total. The molecule has 0 aromatic heterocycles. The van der Waals surface area contributed by atoms with Crippen molar-refractivity contribution in [3.63, 3.8) is 0 Å². The fraction of sp³-hybridized carbons (Fsp3) is 0.909. The summed E-state index contributed by atoms with van der Waals surface area (Å²) in [6.07, 6.45) is 5.58. The third kappa shape index (κ3) is 5.49. The first-order valence-corrected chi connectivity index (χ1v) is 7.90. The van der Waals surface area contributed by atoms with Crippen LogP contribution >= 0.6 is 0 Å². The van der Waals surface area contributed by atoms with Crippen molar-refractivity contribution in [2.45, 2.75) is 45.1 Å². The highest BCUT2D eigenvalue weighted by atomic mass is 32.2. The molecule has 0 saturated heterocycles. The van der Waals surface area contributed by atoms with Crippen molar-refractivity contribution >= 4 is 15.7 Å². The monoisotopic (exact) mass is 247 g/mol. The van der Waals surface area contributed by atoms with Gasteiger partial charge in [0.15, 0.2) is 0 Å². The van der Waals surface area contributed by atoms with Crippen LogP contribution in [0.25, 0.3) is 0 Å². The summed E-state index contributed by atoms with van der Waals surface area (Å²) in [4.78, 5) is 11.5. The largest absolute Gasteiger partial charge is 0.353 e. The van der Waals surface area contributed by atoms with Crippen LogP contribution in [0.2, 0.25) is 0 Å². The van der Waals surface area contributed by atoms with E-state index < -0.39 is 9.84 Å². The number of rotatable bonds is 4. The average Bonchev–Trinajstić information content (AvgIpc) is 2.18. The van der Waals surface area contributed by atoms with Gasteiger partial charge in [-0.15, -0.1) is 0 Å². The van der Waals surface area contributed by atoms with Crippen molar-refractivity contribution in [3.05, 3.63) is 0 Å². The summed E-state index contributed by atoms with van der Waals surface area (Å²) in [5, 5.41) is 2.91. The van der Waals surface area contributed by atoms with E-state index in [1.165, 1.54) is 0 Å². The first kappa shape index (κ1) is 13.5. The van der Waals surface area contributed by atoms with E-state index in [9.17, 15) is 13.2 Å². The molecule has 0 aliphatic heterocycles. The van der Waals surface area contributed by atoms with Crippen molar-refractivity contribution in [2.75, 3.05) is 12.0 Å². The zero-order valence-electron chi connectivity index (χ0n) is 10.0. The van der Waals surface area contributed by atoms with Gasteiger partial charge in [0.1, 0.15) is 9.84 Å². The molecule has 0 aromatic rings. The molecule has 0 bridgehead atoms. The fourth-order valence-corrected chi connectivity index (χ4v) is 2.54. The van der Waals surface area contributed by atoms with Gasteiger partial charge in [-0.3, -0.25) is 4.79 Å². The maximum Gasteiger partial charge on any atom is 0.221 e. The Kier molecular flexibility index (Phi) is 4.77. The summed E-state index contributed by atoms with van der Waals surface area (Å²) in [5.41, 5.74) is 0. The molecule has 0 spiro atoms.